The van der Waals surface area contributed by atoms with Crippen molar-refractivity contribution in [2.24, 2.45) is 23.7 Å². The monoisotopic (exact) mass is 400 g/mol. The number of hydrogen-bond donors (Lipinski definition) is 1. The maximum Gasteiger partial charge on any atom is 0.329 e. The van der Waals surface area contributed by atoms with Gasteiger partial charge in [0.15, 0.2) is 6.61 Å². The van der Waals surface area contributed by atoms with Crippen molar-refractivity contribution in [3.63, 3.8) is 0 Å². The number of anilines is 1. The van der Waals surface area contributed by atoms with Crippen LogP contribution >= 0.6 is 0 Å². The van der Waals surface area contributed by atoms with E-state index in [9.17, 15) is 19.2 Å². The quantitative estimate of drug-likeness (QED) is 0.575. The molecule has 2 saturated carbocycles. The lowest BCUT2D eigenvalue weighted by Crippen LogP contribution is -2.45. The lowest BCUT2D eigenvalue weighted by Gasteiger charge is -2.23. The van der Waals surface area contributed by atoms with Gasteiger partial charge in [-0.25, -0.2) is 4.79 Å². The summed E-state index contributed by atoms with van der Waals surface area (Å²) in [6, 6.07) is 5.82. The Morgan fingerprint density at radius 3 is 2.38 bits per heavy atom. The number of nitrogens with one attached hydrogen (secondary N) is 1. The zero-order chi connectivity index (χ0) is 20.7. The van der Waals surface area contributed by atoms with Gasteiger partial charge in [0.2, 0.25) is 11.8 Å². The minimum Gasteiger partial charge on any atom is -0.495 e. The van der Waals surface area contributed by atoms with Crippen LogP contribution in [0, 0.1) is 23.7 Å². The molecule has 0 spiro atoms. The van der Waals surface area contributed by atoms with Crippen molar-refractivity contribution >= 4 is 29.4 Å². The first-order valence-corrected chi connectivity index (χ1v) is 9.88. The fourth-order valence-electron chi connectivity index (χ4n) is 5.11. The van der Waals surface area contributed by atoms with Crippen molar-refractivity contribution in [2.75, 3.05) is 19.0 Å². The molecule has 3 fully saturated rings. The van der Waals surface area contributed by atoms with E-state index in [1.54, 1.807) is 24.3 Å². The Morgan fingerprint density at radius 2 is 1.76 bits per heavy atom. The Bertz CT molecular complexity index is 840. The summed E-state index contributed by atoms with van der Waals surface area (Å²) in [6.07, 6.45) is 2.88. The molecule has 1 saturated heterocycles. The molecule has 0 radical (unpaired) electrons. The van der Waals surface area contributed by atoms with Crippen LogP contribution in [-0.2, 0) is 23.9 Å². The van der Waals surface area contributed by atoms with Crippen LogP contribution in [0.15, 0.2) is 24.3 Å². The molecule has 1 aromatic carbocycles. The zero-order valence-corrected chi connectivity index (χ0v) is 16.4. The van der Waals surface area contributed by atoms with Crippen molar-refractivity contribution in [3.05, 3.63) is 24.3 Å². The summed E-state index contributed by atoms with van der Waals surface area (Å²) in [7, 11) is 1.48. The zero-order valence-electron chi connectivity index (χ0n) is 16.4. The van der Waals surface area contributed by atoms with Gasteiger partial charge in [-0.3, -0.25) is 19.3 Å². The van der Waals surface area contributed by atoms with Crippen LogP contribution in [-0.4, -0.2) is 48.3 Å². The molecule has 8 heteroatoms. The van der Waals surface area contributed by atoms with Crippen molar-refractivity contribution in [3.8, 4) is 5.75 Å². The minimum absolute atomic E-state index is 0.251. The van der Waals surface area contributed by atoms with Gasteiger partial charge in [0.25, 0.3) is 5.91 Å². The SMILES string of the molecule is COc1ccccc1NC(=O)COC(=O)[C@H](C)N1C(=O)[C@H]2[C@@H]3CC[C@@H](C3)[C@@H]2C1=O. The number of likely N-dealkylation sites (tertiary alicyclic amines) is 1. The second-order valence-corrected chi connectivity index (χ2v) is 7.96. The highest BCUT2D eigenvalue weighted by molar-refractivity contribution is 6.08. The number of carbonyl (C=O) groups excluding carboxylic acids is 4. The van der Waals surface area contributed by atoms with Gasteiger partial charge in [0.05, 0.1) is 24.6 Å². The standard InChI is InChI=1S/C21H24N2O6/c1-11(23-19(25)17-12-7-8-13(9-12)18(17)20(23)26)21(27)29-10-16(24)22-14-5-3-4-6-15(14)28-2/h3-6,11-13,17-18H,7-10H2,1-2H3,(H,22,24)/t11-,12-,13+,17-,18-/m0/s1. The van der Waals surface area contributed by atoms with Gasteiger partial charge in [0, 0.05) is 0 Å². The highest BCUT2D eigenvalue weighted by Gasteiger charge is 2.62. The van der Waals surface area contributed by atoms with Gasteiger partial charge in [0.1, 0.15) is 11.8 Å². The molecule has 8 nitrogen and oxygen atoms in total. The summed E-state index contributed by atoms with van der Waals surface area (Å²) in [5.41, 5.74) is 0.456. The fourth-order valence-corrected chi connectivity index (χ4v) is 5.11. The van der Waals surface area contributed by atoms with Gasteiger partial charge in [-0.2, -0.15) is 0 Å². The number of methoxy groups -OCH3 is 1. The summed E-state index contributed by atoms with van der Waals surface area (Å²) < 4.78 is 10.2. The predicted molar refractivity (Wildman–Crippen MR) is 102 cm³/mol. The number of imide groups is 1. The van der Waals surface area contributed by atoms with Gasteiger partial charge in [-0.05, 0) is 50.2 Å². The number of esters is 1. The highest BCUT2D eigenvalue weighted by atomic mass is 16.5. The van der Waals surface area contributed by atoms with Crippen LogP contribution in [0.5, 0.6) is 5.75 Å². The van der Waals surface area contributed by atoms with E-state index in [-0.39, 0.29) is 35.5 Å². The number of benzene rings is 1. The normalized spacial score (nSPS) is 28.3. The molecule has 0 unspecified atom stereocenters. The van der Waals surface area contributed by atoms with Crippen LogP contribution in [0.2, 0.25) is 0 Å². The molecule has 1 N–H and O–H groups in total. The number of carbonyl (C=O) groups is 4. The highest BCUT2D eigenvalue weighted by Crippen LogP contribution is 2.56. The number of nitrogens with zero attached hydrogens (tertiary/aromatic N) is 1. The lowest BCUT2D eigenvalue weighted by atomic mass is 9.81. The Hall–Kier alpha value is -2.90. The van der Waals surface area contributed by atoms with Crippen molar-refractivity contribution in [1.82, 2.24) is 4.90 Å². The minimum atomic E-state index is -1.04. The molecule has 0 aromatic heterocycles. The van der Waals surface area contributed by atoms with Crippen LogP contribution in [0.3, 0.4) is 0 Å². The number of para-hydroxylation sites is 2. The van der Waals surface area contributed by atoms with Crippen molar-refractivity contribution in [2.45, 2.75) is 32.2 Å². The molecule has 5 atom stereocenters. The summed E-state index contributed by atoms with van der Waals surface area (Å²) in [6.45, 7) is 0.953. The summed E-state index contributed by atoms with van der Waals surface area (Å²) >= 11 is 0. The van der Waals surface area contributed by atoms with Crippen LogP contribution in [0.4, 0.5) is 5.69 Å². The molecule has 1 aromatic rings. The average Bonchev–Trinajstić information content (AvgIpc) is 3.40. The third-order valence-electron chi connectivity index (χ3n) is 6.42. The molecule has 154 valence electrons. The van der Waals surface area contributed by atoms with Crippen LogP contribution in [0.25, 0.3) is 0 Å². The molecule has 3 aliphatic rings. The van der Waals surface area contributed by atoms with E-state index < -0.39 is 24.5 Å². The van der Waals surface area contributed by atoms with Gasteiger partial charge < -0.3 is 14.8 Å². The largest absolute Gasteiger partial charge is 0.495 e. The third kappa shape index (κ3) is 3.26. The second kappa shape index (κ2) is 7.50. The topological polar surface area (TPSA) is 102 Å². The van der Waals surface area contributed by atoms with E-state index >= 15 is 0 Å². The molecule has 29 heavy (non-hydrogen) atoms. The van der Waals surface area contributed by atoms with E-state index in [0.29, 0.717) is 11.4 Å². The van der Waals surface area contributed by atoms with Crippen LogP contribution < -0.4 is 10.1 Å². The number of rotatable bonds is 6. The van der Waals surface area contributed by atoms with E-state index in [4.69, 9.17) is 9.47 Å². The Balaban J connectivity index is 1.35. The average molecular weight is 400 g/mol. The molecule has 2 aliphatic carbocycles. The van der Waals surface area contributed by atoms with E-state index in [1.165, 1.54) is 14.0 Å². The van der Waals surface area contributed by atoms with E-state index in [2.05, 4.69) is 5.32 Å². The maximum atomic E-state index is 12.8. The predicted octanol–water partition coefficient (Wildman–Crippen LogP) is 1.60. The maximum absolute atomic E-state index is 12.8. The van der Waals surface area contributed by atoms with E-state index in [1.807, 2.05) is 0 Å². The second-order valence-electron chi connectivity index (χ2n) is 7.96. The smallest absolute Gasteiger partial charge is 0.329 e. The van der Waals surface area contributed by atoms with Crippen LogP contribution in [0.1, 0.15) is 26.2 Å². The number of amides is 3. The first-order chi connectivity index (χ1) is 13.9. The number of ether oxygens (including phenoxy) is 2. The first kappa shape index (κ1) is 19.4. The molecule has 3 amide bonds. The summed E-state index contributed by atoms with van der Waals surface area (Å²) in [5.74, 6) is -1.43. The molecular formula is C21H24N2O6. The Morgan fingerprint density at radius 1 is 1.14 bits per heavy atom. The number of fused-ring (bicyclic) bond motifs is 5. The summed E-state index contributed by atoms with van der Waals surface area (Å²) in [5, 5.41) is 2.61. The van der Waals surface area contributed by atoms with Gasteiger partial charge in [-0.1, -0.05) is 12.1 Å². The van der Waals surface area contributed by atoms with Crippen molar-refractivity contribution < 1.29 is 28.7 Å². The molecule has 1 heterocycles. The molecule has 4 rings (SSSR count). The van der Waals surface area contributed by atoms with Gasteiger partial charge >= 0.3 is 5.97 Å². The lowest BCUT2D eigenvalue weighted by molar-refractivity contribution is -0.159. The first-order valence-electron chi connectivity index (χ1n) is 9.88. The van der Waals surface area contributed by atoms with Gasteiger partial charge in [-0.15, -0.1) is 0 Å². The molecule has 1 aliphatic heterocycles. The number of hydrogen-bond acceptors (Lipinski definition) is 6. The fraction of sp³-hybridized carbons (Fsp3) is 0.524. The third-order valence-corrected chi connectivity index (χ3v) is 6.42. The molecule has 2 bridgehead atoms. The molecular weight excluding hydrogens is 376 g/mol. The van der Waals surface area contributed by atoms with E-state index in [0.717, 1.165) is 24.2 Å². The Kier molecular flexibility index (Phi) is 5.02. The Labute approximate surface area is 168 Å². The summed E-state index contributed by atoms with van der Waals surface area (Å²) in [4.78, 5) is 51.2. The van der Waals surface area contributed by atoms with Crippen molar-refractivity contribution in [1.29, 1.82) is 0 Å².